The molecule has 8 heteroatoms. The molecule has 1 aliphatic heterocycles. The molecule has 0 bridgehead atoms. The third-order valence-electron chi connectivity index (χ3n) is 5.28. The van der Waals surface area contributed by atoms with Gasteiger partial charge in [-0.2, -0.15) is 13.2 Å². The van der Waals surface area contributed by atoms with E-state index in [-0.39, 0.29) is 30.3 Å². The molecule has 0 aliphatic carbocycles. The minimum atomic E-state index is -4.46. The van der Waals surface area contributed by atoms with Crippen molar-refractivity contribution in [2.45, 2.75) is 18.7 Å². The molecule has 0 fully saturated rings. The summed E-state index contributed by atoms with van der Waals surface area (Å²) in [6.07, 6.45) is -2.45. The van der Waals surface area contributed by atoms with Crippen LogP contribution in [0, 0.1) is 0 Å². The zero-order valence-corrected chi connectivity index (χ0v) is 16.1. The van der Waals surface area contributed by atoms with E-state index in [1.165, 1.54) is 24.5 Å². The summed E-state index contributed by atoms with van der Waals surface area (Å²) >= 11 is 0. The van der Waals surface area contributed by atoms with Crippen molar-refractivity contribution in [3.8, 4) is 0 Å². The van der Waals surface area contributed by atoms with Crippen LogP contribution in [0.25, 0.3) is 0 Å². The van der Waals surface area contributed by atoms with Crippen LogP contribution in [0.3, 0.4) is 0 Å². The van der Waals surface area contributed by atoms with Crippen LogP contribution in [0.5, 0.6) is 0 Å². The van der Waals surface area contributed by atoms with E-state index in [4.69, 9.17) is 0 Å². The Balaban J connectivity index is 1.53. The highest BCUT2D eigenvalue weighted by Crippen LogP contribution is 2.32. The Morgan fingerprint density at radius 3 is 2.13 bits per heavy atom. The Labute approximate surface area is 175 Å². The highest BCUT2D eigenvalue weighted by Gasteiger charge is 2.35. The number of carbonyl (C=O) groups excluding carboxylic acids is 2. The van der Waals surface area contributed by atoms with Crippen molar-refractivity contribution in [2.75, 3.05) is 6.54 Å². The fourth-order valence-electron chi connectivity index (χ4n) is 3.62. The van der Waals surface area contributed by atoms with E-state index in [0.29, 0.717) is 22.3 Å². The van der Waals surface area contributed by atoms with Gasteiger partial charge in [0.15, 0.2) is 0 Å². The van der Waals surface area contributed by atoms with E-state index in [0.717, 1.165) is 17.0 Å². The van der Waals surface area contributed by atoms with Gasteiger partial charge in [0.2, 0.25) is 0 Å². The van der Waals surface area contributed by atoms with Crippen molar-refractivity contribution in [3.05, 3.63) is 100 Å². The van der Waals surface area contributed by atoms with Gasteiger partial charge in [-0.05, 0) is 47.9 Å². The Bertz CT molecular complexity index is 1110. The molecule has 0 saturated carbocycles. The van der Waals surface area contributed by atoms with Gasteiger partial charge in [0.1, 0.15) is 6.10 Å². The van der Waals surface area contributed by atoms with Crippen LogP contribution in [-0.2, 0) is 12.6 Å². The summed E-state index contributed by atoms with van der Waals surface area (Å²) < 4.78 is 38.4. The molecule has 31 heavy (non-hydrogen) atoms. The number of amides is 2. The standard InChI is InChI=1S/C23H17F3N2O3/c24-23(25,26)16-7-5-15(6-8-16)20(29)19-13-27-11-9-14(19)10-12-28-21(30)17-3-1-2-4-18(17)22(28)31/h1-9,11,13,20,29H,10,12H2. The molecule has 1 N–H and O–H groups in total. The quantitative estimate of drug-likeness (QED) is 0.626. The van der Waals surface area contributed by atoms with Gasteiger partial charge in [-0.1, -0.05) is 24.3 Å². The second-order valence-corrected chi connectivity index (χ2v) is 7.15. The molecule has 5 nitrogen and oxygen atoms in total. The number of fused-ring (bicyclic) bond motifs is 1. The summed E-state index contributed by atoms with van der Waals surface area (Å²) in [5.41, 5.74) is 1.22. The van der Waals surface area contributed by atoms with Crippen LogP contribution in [0.15, 0.2) is 67.0 Å². The van der Waals surface area contributed by atoms with Crippen molar-refractivity contribution in [3.63, 3.8) is 0 Å². The number of hydrogen-bond donors (Lipinski definition) is 1. The van der Waals surface area contributed by atoms with Crippen LogP contribution in [0.1, 0.15) is 49.1 Å². The molecule has 2 amide bonds. The van der Waals surface area contributed by atoms with Gasteiger partial charge >= 0.3 is 6.18 Å². The Kier molecular flexibility index (Phi) is 5.32. The lowest BCUT2D eigenvalue weighted by atomic mass is 9.96. The highest BCUT2D eigenvalue weighted by atomic mass is 19.4. The molecule has 0 spiro atoms. The van der Waals surface area contributed by atoms with Crippen LogP contribution >= 0.6 is 0 Å². The number of imide groups is 1. The van der Waals surface area contributed by atoms with Crippen molar-refractivity contribution >= 4 is 11.8 Å². The number of aliphatic hydroxyl groups is 1. The van der Waals surface area contributed by atoms with Gasteiger partial charge in [-0.25, -0.2) is 0 Å². The molecular weight excluding hydrogens is 409 g/mol. The molecule has 1 aromatic heterocycles. The molecule has 158 valence electrons. The average Bonchev–Trinajstić information content (AvgIpc) is 3.01. The lowest BCUT2D eigenvalue weighted by molar-refractivity contribution is -0.137. The number of benzene rings is 2. The molecule has 0 radical (unpaired) electrons. The van der Waals surface area contributed by atoms with E-state index in [1.54, 1.807) is 30.3 Å². The summed E-state index contributed by atoms with van der Waals surface area (Å²) in [5, 5.41) is 10.7. The minimum absolute atomic E-state index is 0.100. The first-order valence-corrected chi connectivity index (χ1v) is 9.50. The van der Waals surface area contributed by atoms with E-state index < -0.39 is 17.8 Å². The smallest absolute Gasteiger partial charge is 0.384 e. The molecule has 3 aromatic rings. The molecule has 1 atom stereocenters. The van der Waals surface area contributed by atoms with Crippen LogP contribution in [-0.4, -0.2) is 33.3 Å². The Morgan fingerprint density at radius 2 is 1.55 bits per heavy atom. The SMILES string of the molecule is O=C1c2ccccc2C(=O)N1CCc1ccncc1C(O)c1ccc(C(F)(F)F)cc1. The Hall–Kier alpha value is -3.52. The van der Waals surface area contributed by atoms with Gasteiger partial charge in [-0.15, -0.1) is 0 Å². The lowest BCUT2D eigenvalue weighted by Crippen LogP contribution is -2.32. The number of hydrogen-bond acceptors (Lipinski definition) is 4. The normalized spacial score (nSPS) is 14.6. The molecule has 4 rings (SSSR count). The van der Waals surface area contributed by atoms with E-state index >= 15 is 0 Å². The minimum Gasteiger partial charge on any atom is -0.384 e. The first kappa shape index (κ1) is 20.7. The number of nitrogens with zero attached hydrogens (tertiary/aromatic N) is 2. The number of aromatic nitrogens is 1. The largest absolute Gasteiger partial charge is 0.416 e. The third-order valence-corrected chi connectivity index (χ3v) is 5.28. The highest BCUT2D eigenvalue weighted by molar-refractivity contribution is 6.21. The predicted octanol–water partition coefficient (Wildman–Crippen LogP) is 4.02. The molecule has 2 heterocycles. The molecule has 1 unspecified atom stereocenters. The fraction of sp³-hybridized carbons (Fsp3) is 0.174. The number of carbonyl (C=O) groups is 2. The number of halogens is 3. The monoisotopic (exact) mass is 426 g/mol. The van der Waals surface area contributed by atoms with Gasteiger partial charge in [-0.3, -0.25) is 19.5 Å². The lowest BCUT2D eigenvalue weighted by Gasteiger charge is -2.18. The van der Waals surface area contributed by atoms with Crippen LogP contribution in [0.4, 0.5) is 13.2 Å². The fourth-order valence-corrected chi connectivity index (χ4v) is 3.62. The summed E-state index contributed by atoms with van der Waals surface area (Å²) in [6, 6.07) is 12.5. The molecule has 1 aliphatic rings. The van der Waals surface area contributed by atoms with Crippen LogP contribution in [0.2, 0.25) is 0 Å². The summed E-state index contributed by atoms with van der Waals surface area (Å²) in [4.78, 5) is 30.2. The van der Waals surface area contributed by atoms with E-state index in [9.17, 15) is 27.9 Å². The van der Waals surface area contributed by atoms with Gasteiger partial charge in [0.05, 0.1) is 16.7 Å². The molecule has 2 aromatic carbocycles. The second-order valence-electron chi connectivity index (χ2n) is 7.15. The van der Waals surface area contributed by atoms with E-state index in [2.05, 4.69) is 4.98 Å². The van der Waals surface area contributed by atoms with Crippen molar-refractivity contribution in [1.82, 2.24) is 9.88 Å². The Morgan fingerprint density at radius 1 is 0.935 bits per heavy atom. The van der Waals surface area contributed by atoms with Gasteiger partial charge < -0.3 is 5.11 Å². The first-order valence-electron chi connectivity index (χ1n) is 9.50. The molecule has 0 saturated heterocycles. The second kappa shape index (κ2) is 7.96. The van der Waals surface area contributed by atoms with Crippen molar-refractivity contribution in [2.24, 2.45) is 0 Å². The van der Waals surface area contributed by atoms with E-state index in [1.807, 2.05) is 0 Å². The zero-order chi connectivity index (χ0) is 22.2. The van der Waals surface area contributed by atoms with Crippen molar-refractivity contribution < 1.29 is 27.9 Å². The van der Waals surface area contributed by atoms with Gasteiger partial charge in [0, 0.05) is 24.5 Å². The van der Waals surface area contributed by atoms with Crippen LogP contribution < -0.4 is 0 Å². The number of pyridine rings is 1. The maximum atomic E-state index is 12.8. The van der Waals surface area contributed by atoms with Gasteiger partial charge in [0.25, 0.3) is 11.8 Å². The predicted molar refractivity (Wildman–Crippen MR) is 105 cm³/mol. The molecular formula is C23H17F3N2O3. The topological polar surface area (TPSA) is 70.5 Å². The zero-order valence-electron chi connectivity index (χ0n) is 16.1. The maximum Gasteiger partial charge on any atom is 0.416 e. The third kappa shape index (κ3) is 3.94. The number of alkyl halides is 3. The maximum absolute atomic E-state index is 12.8. The van der Waals surface area contributed by atoms with Crippen molar-refractivity contribution in [1.29, 1.82) is 0 Å². The number of rotatable bonds is 5. The first-order chi connectivity index (χ1) is 14.8. The summed E-state index contributed by atoms with van der Waals surface area (Å²) in [6.45, 7) is 0.100. The number of aliphatic hydroxyl groups excluding tert-OH is 1. The average molecular weight is 426 g/mol. The summed E-state index contributed by atoms with van der Waals surface area (Å²) in [5.74, 6) is -0.751. The summed E-state index contributed by atoms with van der Waals surface area (Å²) in [7, 11) is 0.